The number of hydrogen-bond acceptors (Lipinski definition) is 3. The summed E-state index contributed by atoms with van der Waals surface area (Å²) in [6.07, 6.45) is 2.11. The Bertz CT molecular complexity index is 583. The maximum absolute atomic E-state index is 11.8. The third-order valence-corrected chi connectivity index (χ3v) is 4.51. The van der Waals surface area contributed by atoms with Crippen LogP contribution in [0.2, 0.25) is 0 Å². The molecule has 0 atom stereocenters. The van der Waals surface area contributed by atoms with Crippen molar-refractivity contribution in [3.8, 4) is 0 Å². The summed E-state index contributed by atoms with van der Waals surface area (Å²) in [5, 5.41) is 6.88. The number of hydrogen-bond donors (Lipinski definition) is 2. The number of anilines is 1. The molecule has 1 heterocycles. The van der Waals surface area contributed by atoms with Gasteiger partial charge in [0.2, 0.25) is 5.91 Å². The minimum absolute atomic E-state index is 0. The van der Waals surface area contributed by atoms with Gasteiger partial charge in [-0.2, -0.15) is 0 Å². The zero-order valence-corrected chi connectivity index (χ0v) is 19.3. The number of carbonyl (C=O) groups excluding carboxylic acids is 1. The summed E-state index contributed by atoms with van der Waals surface area (Å²) >= 11 is 0. The van der Waals surface area contributed by atoms with Crippen LogP contribution in [0.3, 0.4) is 0 Å². The Balaban J connectivity index is 0.00000364. The van der Waals surface area contributed by atoms with Crippen LogP contribution in [-0.2, 0) is 4.79 Å². The van der Waals surface area contributed by atoms with Crippen molar-refractivity contribution in [3.05, 3.63) is 30.3 Å². The second-order valence-corrected chi connectivity index (χ2v) is 7.47. The van der Waals surface area contributed by atoms with E-state index in [2.05, 4.69) is 64.7 Å². The van der Waals surface area contributed by atoms with Crippen molar-refractivity contribution in [3.63, 3.8) is 0 Å². The van der Waals surface area contributed by atoms with Crippen LogP contribution in [0, 0.1) is 5.92 Å². The topological polar surface area (TPSA) is 60.0 Å². The number of likely N-dealkylation sites (N-methyl/N-ethyl adjacent to an activating group) is 1. The number of carbonyl (C=O) groups is 1. The van der Waals surface area contributed by atoms with E-state index in [1.54, 1.807) is 19.0 Å². The van der Waals surface area contributed by atoms with E-state index in [9.17, 15) is 4.79 Å². The van der Waals surface area contributed by atoms with E-state index in [1.165, 1.54) is 5.69 Å². The second-order valence-electron chi connectivity index (χ2n) is 7.47. The number of guanidine groups is 1. The predicted octanol–water partition coefficient (Wildman–Crippen LogP) is 2.55. The number of aliphatic imine (C=N–C) groups is 1. The van der Waals surface area contributed by atoms with Crippen LogP contribution < -0.4 is 15.5 Å². The molecule has 0 saturated carbocycles. The summed E-state index contributed by atoms with van der Waals surface area (Å²) in [7, 11) is 3.51. The average Bonchev–Trinajstić information content (AvgIpc) is 2.64. The van der Waals surface area contributed by atoms with Gasteiger partial charge in [0.15, 0.2) is 5.96 Å². The van der Waals surface area contributed by atoms with E-state index in [0.717, 1.165) is 38.4 Å². The molecule has 1 saturated heterocycles. The quantitative estimate of drug-likeness (QED) is 0.368. The van der Waals surface area contributed by atoms with Crippen LogP contribution in [0.25, 0.3) is 0 Å². The van der Waals surface area contributed by atoms with E-state index in [0.29, 0.717) is 12.0 Å². The van der Waals surface area contributed by atoms with Crippen molar-refractivity contribution in [2.24, 2.45) is 10.9 Å². The maximum Gasteiger partial charge on any atom is 0.243 e. The Morgan fingerprint density at radius 1 is 1.22 bits per heavy atom. The SMILES string of the molecule is CC(C)CNC(=NCC(=O)N(C)C)NC1CCN(c2ccccc2)CC1.I. The summed E-state index contributed by atoms with van der Waals surface area (Å²) in [4.78, 5) is 20.3. The molecule has 6 nitrogen and oxygen atoms in total. The number of benzene rings is 1. The fraction of sp³-hybridized carbons (Fsp3) is 0.600. The van der Waals surface area contributed by atoms with E-state index in [-0.39, 0.29) is 36.4 Å². The molecular weight excluding hydrogens is 453 g/mol. The normalized spacial score (nSPS) is 15.3. The molecular formula is C20H34IN5O. The highest BCUT2D eigenvalue weighted by Gasteiger charge is 2.20. The van der Waals surface area contributed by atoms with Crippen LogP contribution in [0.5, 0.6) is 0 Å². The molecule has 0 aromatic heterocycles. The first-order valence-electron chi connectivity index (χ1n) is 9.50. The summed E-state index contributed by atoms with van der Waals surface area (Å²) in [5.74, 6) is 1.27. The third kappa shape index (κ3) is 8.36. The number of amides is 1. The number of rotatable bonds is 6. The van der Waals surface area contributed by atoms with Crippen molar-refractivity contribution >= 4 is 41.5 Å². The monoisotopic (exact) mass is 487 g/mol. The van der Waals surface area contributed by atoms with E-state index >= 15 is 0 Å². The Morgan fingerprint density at radius 2 is 1.85 bits per heavy atom. The van der Waals surface area contributed by atoms with Gasteiger partial charge >= 0.3 is 0 Å². The van der Waals surface area contributed by atoms with Crippen molar-refractivity contribution in [1.29, 1.82) is 0 Å². The van der Waals surface area contributed by atoms with Gasteiger partial charge in [0.1, 0.15) is 6.54 Å². The summed E-state index contributed by atoms with van der Waals surface area (Å²) in [6, 6.07) is 10.9. The standard InChI is InChI=1S/C20H33N5O.HI/c1-16(2)14-21-20(22-15-19(26)24(3)4)23-17-10-12-25(13-11-17)18-8-6-5-7-9-18;/h5-9,16-17H,10-15H2,1-4H3,(H2,21,22,23);1H. The predicted molar refractivity (Wildman–Crippen MR) is 124 cm³/mol. The Kier molecular flexibility index (Phi) is 10.5. The van der Waals surface area contributed by atoms with Crippen molar-refractivity contribution in [2.75, 3.05) is 45.2 Å². The minimum Gasteiger partial charge on any atom is -0.371 e. The smallest absolute Gasteiger partial charge is 0.243 e. The molecule has 2 N–H and O–H groups in total. The molecule has 0 aliphatic carbocycles. The fourth-order valence-corrected chi connectivity index (χ4v) is 2.86. The summed E-state index contributed by atoms with van der Waals surface area (Å²) in [5.41, 5.74) is 1.29. The number of halogens is 1. The molecule has 0 radical (unpaired) electrons. The zero-order valence-electron chi connectivity index (χ0n) is 16.9. The van der Waals surface area contributed by atoms with Crippen LogP contribution in [0.4, 0.5) is 5.69 Å². The number of piperidine rings is 1. The van der Waals surface area contributed by atoms with Crippen LogP contribution >= 0.6 is 24.0 Å². The molecule has 0 spiro atoms. The van der Waals surface area contributed by atoms with E-state index < -0.39 is 0 Å². The molecule has 1 amide bonds. The van der Waals surface area contributed by atoms with Gasteiger partial charge in [-0.1, -0.05) is 32.0 Å². The van der Waals surface area contributed by atoms with Gasteiger partial charge in [0.05, 0.1) is 0 Å². The lowest BCUT2D eigenvalue weighted by atomic mass is 10.0. The molecule has 2 rings (SSSR count). The maximum atomic E-state index is 11.8. The van der Waals surface area contributed by atoms with Gasteiger partial charge in [-0.05, 0) is 30.9 Å². The summed E-state index contributed by atoms with van der Waals surface area (Å²) in [6.45, 7) is 7.38. The lowest BCUT2D eigenvalue weighted by Crippen LogP contribution is -2.49. The molecule has 1 aliphatic rings. The first-order chi connectivity index (χ1) is 12.5. The van der Waals surface area contributed by atoms with Gasteiger partial charge in [-0.3, -0.25) is 4.79 Å². The van der Waals surface area contributed by atoms with Gasteiger partial charge in [-0.15, -0.1) is 24.0 Å². The van der Waals surface area contributed by atoms with Gasteiger partial charge in [-0.25, -0.2) is 4.99 Å². The highest BCUT2D eigenvalue weighted by molar-refractivity contribution is 14.0. The molecule has 0 bridgehead atoms. The van der Waals surface area contributed by atoms with Gasteiger partial charge in [0.25, 0.3) is 0 Å². The Labute approximate surface area is 180 Å². The number of nitrogens with zero attached hydrogens (tertiary/aromatic N) is 3. The van der Waals surface area contributed by atoms with Crippen LogP contribution in [0.1, 0.15) is 26.7 Å². The van der Waals surface area contributed by atoms with Crippen LogP contribution in [0.15, 0.2) is 35.3 Å². The second kappa shape index (κ2) is 12.0. The number of nitrogens with one attached hydrogen (secondary N) is 2. The van der Waals surface area contributed by atoms with Crippen molar-refractivity contribution < 1.29 is 4.79 Å². The molecule has 0 unspecified atom stereocenters. The molecule has 1 aliphatic heterocycles. The molecule has 7 heteroatoms. The average molecular weight is 487 g/mol. The van der Waals surface area contributed by atoms with Crippen LogP contribution in [-0.4, -0.2) is 63.1 Å². The number of para-hydroxylation sites is 1. The van der Waals surface area contributed by atoms with E-state index in [1.807, 2.05) is 0 Å². The lowest BCUT2D eigenvalue weighted by Gasteiger charge is -2.34. The highest BCUT2D eigenvalue weighted by atomic mass is 127. The first-order valence-corrected chi connectivity index (χ1v) is 9.50. The fourth-order valence-electron chi connectivity index (χ4n) is 2.86. The largest absolute Gasteiger partial charge is 0.371 e. The molecule has 27 heavy (non-hydrogen) atoms. The van der Waals surface area contributed by atoms with Gasteiger partial charge < -0.3 is 20.4 Å². The first kappa shape index (κ1) is 23.5. The third-order valence-electron chi connectivity index (χ3n) is 4.51. The van der Waals surface area contributed by atoms with Crippen molar-refractivity contribution in [2.45, 2.75) is 32.7 Å². The Morgan fingerprint density at radius 3 is 2.41 bits per heavy atom. The molecule has 152 valence electrons. The Hall–Kier alpha value is -1.51. The van der Waals surface area contributed by atoms with Crippen molar-refractivity contribution in [1.82, 2.24) is 15.5 Å². The minimum atomic E-state index is 0. The van der Waals surface area contributed by atoms with Gasteiger partial charge in [0, 0.05) is 45.5 Å². The zero-order chi connectivity index (χ0) is 18.9. The summed E-state index contributed by atoms with van der Waals surface area (Å²) < 4.78 is 0. The lowest BCUT2D eigenvalue weighted by molar-refractivity contribution is -0.127. The molecule has 1 aromatic rings. The molecule has 1 fully saturated rings. The molecule has 1 aromatic carbocycles. The van der Waals surface area contributed by atoms with E-state index in [4.69, 9.17) is 0 Å². The highest BCUT2D eigenvalue weighted by Crippen LogP contribution is 2.19.